The Morgan fingerprint density at radius 3 is 2.61 bits per heavy atom. The Balaban J connectivity index is 1.72. The highest BCUT2D eigenvalue weighted by Gasteiger charge is 2.23. The molecule has 0 bridgehead atoms. The number of hydrogen-bond acceptors (Lipinski definition) is 4. The van der Waals surface area contributed by atoms with Crippen LogP contribution in [0.3, 0.4) is 0 Å². The van der Waals surface area contributed by atoms with Crippen LogP contribution in [0.4, 0.5) is 5.82 Å². The number of nitrogens with one attached hydrogen (secondary N) is 1. The first-order valence-corrected chi connectivity index (χ1v) is 10.2. The van der Waals surface area contributed by atoms with Crippen molar-refractivity contribution in [1.29, 1.82) is 0 Å². The van der Waals surface area contributed by atoms with Crippen LogP contribution in [0.5, 0.6) is 0 Å². The lowest BCUT2D eigenvalue weighted by molar-refractivity contribution is 0.102. The van der Waals surface area contributed by atoms with Crippen LogP contribution in [-0.2, 0) is 0 Å². The molecule has 1 N–H and O–H groups in total. The Kier molecular flexibility index (Phi) is 4.91. The van der Waals surface area contributed by atoms with Gasteiger partial charge in [-0.1, -0.05) is 26.7 Å². The van der Waals surface area contributed by atoms with Crippen LogP contribution in [0, 0.1) is 0 Å². The van der Waals surface area contributed by atoms with E-state index in [0.717, 1.165) is 35.4 Å². The molecular formula is C21H28N6O. The van der Waals surface area contributed by atoms with Crippen molar-refractivity contribution in [1.82, 2.24) is 24.5 Å². The fourth-order valence-corrected chi connectivity index (χ4v) is 3.94. The van der Waals surface area contributed by atoms with Gasteiger partial charge in [-0.05, 0) is 38.7 Å². The smallest absolute Gasteiger partial charge is 0.257 e. The molecule has 1 saturated carbocycles. The molecule has 0 saturated heterocycles. The minimum atomic E-state index is -0.141. The molecule has 1 aliphatic carbocycles. The molecule has 0 atom stereocenters. The molecule has 148 valence electrons. The molecule has 0 unspecified atom stereocenters. The summed E-state index contributed by atoms with van der Waals surface area (Å²) >= 11 is 0. The van der Waals surface area contributed by atoms with E-state index in [1.807, 2.05) is 21.5 Å². The third kappa shape index (κ3) is 3.30. The van der Waals surface area contributed by atoms with Crippen molar-refractivity contribution in [3.05, 3.63) is 35.8 Å². The number of rotatable bonds is 5. The van der Waals surface area contributed by atoms with Gasteiger partial charge in [-0.3, -0.25) is 4.79 Å². The van der Waals surface area contributed by atoms with Gasteiger partial charge in [0.25, 0.3) is 5.91 Å². The number of nitrogens with zero attached hydrogens (tertiary/aromatic N) is 5. The zero-order valence-electron chi connectivity index (χ0n) is 17.0. The highest BCUT2D eigenvalue weighted by atomic mass is 16.1. The number of pyridine rings is 1. The first kappa shape index (κ1) is 18.7. The van der Waals surface area contributed by atoms with Crippen molar-refractivity contribution < 1.29 is 4.79 Å². The van der Waals surface area contributed by atoms with Crippen LogP contribution >= 0.6 is 0 Å². The van der Waals surface area contributed by atoms with Crippen LogP contribution in [-0.4, -0.2) is 30.5 Å². The predicted octanol–water partition coefficient (Wildman–Crippen LogP) is 4.70. The Morgan fingerprint density at radius 1 is 1.18 bits per heavy atom. The second-order valence-corrected chi connectivity index (χ2v) is 8.22. The number of amides is 1. The number of hydrogen-bond donors (Lipinski definition) is 1. The van der Waals surface area contributed by atoms with Crippen molar-refractivity contribution in [2.24, 2.45) is 0 Å². The molecule has 1 fully saturated rings. The fourth-order valence-electron chi connectivity index (χ4n) is 3.94. The van der Waals surface area contributed by atoms with Crippen LogP contribution in [0.1, 0.15) is 87.4 Å². The van der Waals surface area contributed by atoms with Gasteiger partial charge in [0.05, 0.1) is 29.4 Å². The number of fused-ring (bicyclic) bond motifs is 1. The quantitative estimate of drug-likeness (QED) is 0.696. The minimum absolute atomic E-state index is 0.141. The molecule has 7 nitrogen and oxygen atoms in total. The molecule has 0 aromatic carbocycles. The Morgan fingerprint density at radius 2 is 1.93 bits per heavy atom. The summed E-state index contributed by atoms with van der Waals surface area (Å²) in [6.07, 6.45) is 8.16. The molecule has 1 amide bonds. The largest absolute Gasteiger partial charge is 0.307 e. The lowest BCUT2D eigenvalue weighted by atomic mass is 10.0. The predicted molar refractivity (Wildman–Crippen MR) is 110 cm³/mol. The van der Waals surface area contributed by atoms with Crippen LogP contribution in [0.25, 0.3) is 11.0 Å². The van der Waals surface area contributed by atoms with Crippen LogP contribution in [0.2, 0.25) is 0 Å². The van der Waals surface area contributed by atoms with Gasteiger partial charge < -0.3 is 5.32 Å². The SMILES string of the molecule is CC(C)c1cc(C(=O)Nc2ccnn2C2CCCC2)c2cnn(C(C)C)c2n1. The van der Waals surface area contributed by atoms with Gasteiger partial charge in [0.1, 0.15) is 5.82 Å². The first-order chi connectivity index (χ1) is 13.5. The molecule has 3 heterocycles. The number of carbonyl (C=O) groups is 1. The maximum atomic E-state index is 13.2. The van der Waals surface area contributed by atoms with E-state index in [1.54, 1.807) is 12.4 Å². The van der Waals surface area contributed by atoms with Gasteiger partial charge in [-0.25, -0.2) is 14.3 Å². The summed E-state index contributed by atoms with van der Waals surface area (Å²) in [6, 6.07) is 4.31. The molecule has 3 aromatic heterocycles. The van der Waals surface area contributed by atoms with Gasteiger partial charge in [-0.15, -0.1) is 0 Å². The zero-order chi connectivity index (χ0) is 19.8. The van der Waals surface area contributed by atoms with Gasteiger partial charge in [0.2, 0.25) is 0 Å². The van der Waals surface area contributed by atoms with E-state index in [1.165, 1.54) is 12.8 Å². The van der Waals surface area contributed by atoms with Gasteiger partial charge in [-0.2, -0.15) is 10.2 Å². The van der Waals surface area contributed by atoms with Gasteiger partial charge in [0, 0.05) is 17.8 Å². The maximum absolute atomic E-state index is 13.2. The van der Waals surface area contributed by atoms with E-state index < -0.39 is 0 Å². The van der Waals surface area contributed by atoms with Crippen LogP contribution in [0.15, 0.2) is 24.5 Å². The molecule has 0 radical (unpaired) electrons. The summed E-state index contributed by atoms with van der Waals surface area (Å²) < 4.78 is 3.84. The monoisotopic (exact) mass is 380 g/mol. The Bertz CT molecular complexity index is 994. The molecule has 28 heavy (non-hydrogen) atoms. The summed E-state index contributed by atoms with van der Waals surface area (Å²) in [5, 5.41) is 12.8. The third-order valence-corrected chi connectivity index (χ3v) is 5.49. The Labute approximate surface area is 165 Å². The van der Waals surface area contributed by atoms with Crippen molar-refractivity contribution in [2.75, 3.05) is 5.32 Å². The number of anilines is 1. The molecule has 0 spiro atoms. The molecule has 7 heteroatoms. The average Bonchev–Trinajstić information content (AvgIpc) is 3.40. The molecule has 1 aliphatic rings. The van der Waals surface area contributed by atoms with Crippen molar-refractivity contribution in [3.63, 3.8) is 0 Å². The Hall–Kier alpha value is -2.70. The fraction of sp³-hybridized carbons (Fsp3) is 0.524. The number of carbonyl (C=O) groups excluding carboxylic acids is 1. The van der Waals surface area contributed by atoms with Gasteiger partial charge >= 0.3 is 0 Å². The second kappa shape index (κ2) is 7.37. The summed E-state index contributed by atoms with van der Waals surface area (Å²) in [5.74, 6) is 0.831. The average molecular weight is 380 g/mol. The van der Waals surface area contributed by atoms with E-state index in [0.29, 0.717) is 11.6 Å². The van der Waals surface area contributed by atoms with Crippen molar-refractivity contribution >= 4 is 22.8 Å². The maximum Gasteiger partial charge on any atom is 0.257 e. The molecule has 4 rings (SSSR count). The summed E-state index contributed by atoms with van der Waals surface area (Å²) in [5.41, 5.74) is 2.26. The van der Waals surface area contributed by atoms with E-state index >= 15 is 0 Å². The molecule has 3 aromatic rings. The first-order valence-electron chi connectivity index (χ1n) is 10.2. The normalized spacial score (nSPS) is 15.2. The molecule has 0 aliphatic heterocycles. The van der Waals surface area contributed by atoms with E-state index in [9.17, 15) is 4.79 Å². The topological polar surface area (TPSA) is 77.6 Å². The standard InChI is InChI=1S/C21H28N6O/c1-13(2)18-11-16(17-12-23-26(14(3)4)20(17)24-18)21(28)25-19-9-10-22-27(19)15-7-5-6-8-15/h9-15H,5-8H2,1-4H3,(H,25,28). The van der Waals surface area contributed by atoms with Gasteiger partial charge in [0.15, 0.2) is 5.65 Å². The summed E-state index contributed by atoms with van der Waals surface area (Å²) in [6.45, 7) is 8.30. The highest BCUT2D eigenvalue weighted by molar-refractivity contribution is 6.11. The van der Waals surface area contributed by atoms with E-state index in [4.69, 9.17) is 4.98 Å². The van der Waals surface area contributed by atoms with Crippen LogP contribution < -0.4 is 5.32 Å². The summed E-state index contributed by atoms with van der Waals surface area (Å²) in [4.78, 5) is 18.0. The van der Waals surface area contributed by atoms with E-state index in [-0.39, 0.29) is 17.9 Å². The second-order valence-electron chi connectivity index (χ2n) is 8.22. The van der Waals surface area contributed by atoms with Crippen molar-refractivity contribution in [3.8, 4) is 0 Å². The lowest BCUT2D eigenvalue weighted by Gasteiger charge is -2.15. The zero-order valence-corrected chi connectivity index (χ0v) is 17.0. The highest BCUT2D eigenvalue weighted by Crippen LogP contribution is 2.31. The minimum Gasteiger partial charge on any atom is -0.307 e. The third-order valence-electron chi connectivity index (χ3n) is 5.49. The van der Waals surface area contributed by atoms with Crippen molar-refractivity contribution in [2.45, 2.75) is 71.4 Å². The van der Waals surface area contributed by atoms with E-state index in [2.05, 4.69) is 43.2 Å². The number of aromatic nitrogens is 5. The summed E-state index contributed by atoms with van der Waals surface area (Å²) in [7, 11) is 0. The lowest BCUT2D eigenvalue weighted by Crippen LogP contribution is -2.18. The molecular weight excluding hydrogens is 352 g/mol.